The summed E-state index contributed by atoms with van der Waals surface area (Å²) in [7, 11) is 6.79. The van der Waals surface area contributed by atoms with Crippen LogP contribution >= 0.6 is 0 Å². The van der Waals surface area contributed by atoms with Crippen molar-refractivity contribution in [2.45, 2.75) is 74.3 Å². The molecule has 6 aliphatic rings. The van der Waals surface area contributed by atoms with Crippen molar-refractivity contribution in [3.63, 3.8) is 0 Å². The zero-order valence-corrected chi connectivity index (χ0v) is 20.6. The van der Waals surface area contributed by atoms with E-state index in [0.29, 0.717) is 19.4 Å². The van der Waals surface area contributed by atoms with Gasteiger partial charge in [-0.1, -0.05) is 6.92 Å². The number of nitrogens with zero attached hydrogens (tertiary/aromatic N) is 1. The first-order valence-electron chi connectivity index (χ1n) is 12.7. The standard InChI is InChI=1S/C25H41NO7/c1-6-26-11-22(12-30-2)8-7-16(27)24-14-9-13-15(31-3)10-23(28,17(14)18(13)32-4)25(29,21(24)26)20(33-5)19(22)24/h13-21,27-29H,6-12H2,1-5H3/t13-,14+,15+,16-,17+,18-,19-,20-,21-,22+,23-,24-,25+/m0/s1. The average Bonchev–Trinajstić information content (AvgIpc) is 3.22. The average molecular weight is 468 g/mol. The summed E-state index contributed by atoms with van der Waals surface area (Å²) in [5.41, 5.74) is -3.82. The lowest BCUT2D eigenvalue weighted by Crippen LogP contribution is -2.82. The van der Waals surface area contributed by atoms with E-state index in [9.17, 15) is 15.3 Å². The van der Waals surface area contributed by atoms with Crippen molar-refractivity contribution in [1.82, 2.24) is 4.90 Å². The van der Waals surface area contributed by atoms with E-state index >= 15 is 0 Å². The van der Waals surface area contributed by atoms with E-state index < -0.39 is 28.8 Å². The molecule has 1 saturated heterocycles. The summed E-state index contributed by atoms with van der Waals surface area (Å²) in [4.78, 5) is 2.33. The fourth-order valence-electron chi connectivity index (χ4n) is 11.0. The van der Waals surface area contributed by atoms with Crippen molar-refractivity contribution >= 4 is 0 Å². The Bertz CT molecular complexity index is 814. The minimum Gasteiger partial charge on any atom is -0.392 e. The Morgan fingerprint density at radius 2 is 1.82 bits per heavy atom. The number of aliphatic hydroxyl groups is 3. The molecule has 6 fully saturated rings. The maximum Gasteiger partial charge on any atom is 0.136 e. The largest absolute Gasteiger partial charge is 0.392 e. The monoisotopic (exact) mass is 467 g/mol. The molecule has 5 saturated carbocycles. The van der Waals surface area contributed by atoms with E-state index in [2.05, 4.69) is 11.8 Å². The third-order valence-corrected chi connectivity index (χ3v) is 11.5. The molecule has 188 valence electrons. The molecule has 0 radical (unpaired) electrons. The van der Waals surface area contributed by atoms with Crippen molar-refractivity contribution < 1.29 is 34.3 Å². The Morgan fingerprint density at radius 1 is 1.06 bits per heavy atom. The van der Waals surface area contributed by atoms with Gasteiger partial charge in [0, 0.05) is 70.0 Å². The zero-order valence-electron chi connectivity index (χ0n) is 20.6. The molecule has 6 rings (SSSR count). The molecule has 0 aromatic rings. The SMILES string of the molecule is CCN1C[C@@]2(COC)CC[C@H](O)[C@@]34[C@@H]5C[C@@H]6[C@H](OC)[C@@H]5[C@@](O)(C[C@H]6OC)[C@@](O)([C@@H](OC)[C@@H]23)[C@@H]14. The van der Waals surface area contributed by atoms with E-state index in [4.69, 9.17) is 18.9 Å². The highest BCUT2D eigenvalue weighted by Gasteiger charge is 2.91. The molecule has 1 heterocycles. The van der Waals surface area contributed by atoms with Crippen molar-refractivity contribution in [2.24, 2.45) is 34.5 Å². The lowest BCUT2D eigenvalue weighted by molar-refractivity contribution is -0.318. The number of hydrogen-bond acceptors (Lipinski definition) is 8. The van der Waals surface area contributed by atoms with Crippen LogP contribution in [-0.4, -0.2) is 110 Å². The van der Waals surface area contributed by atoms with Gasteiger partial charge in [-0.2, -0.15) is 0 Å². The Labute approximate surface area is 196 Å². The summed E-state index contributed by atoms with van der Waals surface area (Å²) in [5, 5.41) is 37.6. The number of piperidine rings is 1. The number of ether oxygens (including phenoxy) is 4. The molecular formula is C25H41NO7. The van der Waals surface area contributed by atoms with Crippen LogP contribution in [0.15, 0.2) is 0 Å². The maximum absolute atomic E-state index is 12.9. The van der Waals surface area contributed by atoms with Gasteiger partial charge in [-0.15, -0.1) is 0 Å². The van der Waals surface area contributed by atoms with E-state index in [1.54, 1.807) is 28.4 Å². The fraction of sp³-hybridized carbons (Fsp3) is 1.00. The molecule has 8 heteroatoms. The molecule has 0 aromatic carbocycles. The van der Waals surface area contributed by atoms with Crippen molar-refractivity contribution in [3.8, 4) is 0 Å². The molecule has 13 atom stereocenters. The minimum absolute atomic E-state index is 0.00825. The second-order valence-electron chi connectivity index (χ2n) is 11.9. The molecule has 3 N–H and O–H groups in total. The van der Waals surface area contributed by atoms with Gasteiger partial charge in [0.25, 0.3) is 0 Å². The molecule has 1 aliphatic heterocycles. The Hall–Kier alpha value is -0.320. The third kappa shape index (κ3) is 2.20. The van der Waals surface area contributed by atoms with Gasteiger partial charge in [0.2, 0.25) is 0 Å². The number of fused-ring (bicyclic) bond motifs is 2. The second kappa shape index (κ2) is 7.13. The molecule has 33 heavy (non-hydrogen) atoms. The summed E-state index contributed by atoms with van der Waals surface area (Å²) in [5.74, 6) is -0.231. The van der Waals surface area contributed by atoms with Crippen LogP contribution in [0.25, 0.3) is 0 Å². The third-order valence-electron chi connectivity index (χ3n) is 11.5. The Morgan fingerprint density at radius 3 is 2.42 bits per heavy atom. The lowest BCUT2D eigenvalue weighted by Gasteiger charge is -2.69. The Kier molecular flexibility index (Phi) is 4.99. The van der Waals surface area contributed by atoms with Gasteiger partial charge >= 0.3 is 0 Å². The van der Waals surface area contributed by atoms with Gasteiger partial charge in [0.1, 0.15) is 11.2 Å². The highest BCUT2D eigenvalue weighted by molar-refractivity contribution is 5.41. The number of rotatable bonds is 6. The van der Waals surface area contributed by atoms with Gasteiger partial charge in [0.05, 0.1) is 37.1 Å². The lowest BCUT2D eigenvalue weighted by atomic mass is 9.42. The minimum atomic E-state index is -1.55. The molecule has 0 aromatic heterocycles. The predicted molar refractivity (Wildman–Crippen MR) is 119 cm³/mol. The molecule has 1 spiro atoms. The summed E-state index contributed by atoms with van der Waals surface area (Å²) in [6.45, 7) is 4.18. The molecule has 5 aliphatic carbocycles. The van der Waals surface area contributed by atoms with Gasteiger partial charge in [-0.3, -0.25) is 4.90 Å². The van der Waals surface area contributed by atoms with Crippen LogP contribution in [0.3, 0.4) is 0 Å². The van der Waals surface area contributed by atoms with Crippen LogP contribution in [0, 0.1) is 34.5 Å². The molecule has 7 bridgehead atoms. The van der Waals surface area contributed by atoms with E-state index in [0.717, 1.165) is 25.9 Å². The normalized spacial score (nSPS) is 60.9. The highest BCUT2D eigenvalue weighted by atomic mass is 16.5. The van der Waals surface area contributed by atoms with E-state index in [1.807, 2.05) is 0 Å². The molecule has 0 unspecified atom stereocenters. The summed E-state index contributed by atoms with van der Waals surface area (Å²) in [6.07, 6.45) is 1.06. The van der Waals surface area contributed by atoms with Crippen molar-refractivity contribution in [3.05, 3.63) is 0 Å². The first-order valence-corrected chi connectivity index (χ1v) is 12.7. The van der Waals surface area contributed by atoms with Crippen LogP contribution in [0.5, 0.6) is 0 Å². The predicted octanol–water partition coefficient (Wildman–Crippen LogP) is 0.271. The van der Waals surface area contributed by atoms with Gasteiger partial charge < -0.3 is 34.3 Å². The summed E-state index contributed by atoms with van der Waals surface area (Å²) < 4.78 is 24.0. The quantitative estimate of drug-likeness (QED) is 0.512. The molecule has 8 nitrogen and oxygen atoms in total. The fourth-order valence-corrected chi connectivity index (χ4v) is 11.0. The summed E-state index contributed by atoms with van der Waals surface area (Å²) >= 11 is 0. The zero-order chi connectivity index (χ0) is 23.6. The van der Waals surface area contributed by atoms with Crippen LogP contribution in [0.2, 0.25) is 0 Å². The van der Waals surface area contributed by atoms with Crippen molar-refractivity contribution in [2.75, 3.05) is 48.1 Å². The number of likely N-dealkylation sites (tertiary alicyclic amines) is 1. The van der Waals surface area contributed by atoms with Crippen LogP contribution in [0.1, 0.15) is 32.6 Å². The number of likely N-dealkylation sites (N-methyl/N-ethyl adjacent to an activating group) is 1. The van der Waals surface area contributed by atoms with Crippen LogP contribution in [0.4, 0.5) is 0 Å². The second-order valence-corrected chi connectivity index (χ2v) is 11.9. The summed E-state index contributed by atoms with van der Waals surface area (Å²) in [6, 6.07) is -0.386. The number of hydrogen-bond donors (Lipinski definition) is 3. The van der Waals surface area contributed by atoms with Gasteiger partial charge in [-0.25, -0.2) is 0 Å². The molecule has 0 amide bonds. The first kappa shape index (κ1) is 23.1. The number of aliphatic hydroxyl groups excluding tert-OH is 1. The smallest absolute Gasteiger partial charge is 0.136 e. The van der Waals surface area contributed by atoms with E-state index in [-0.39, 0.29) is 47.3 Å². The van der Waals surface area contributed by atoms with Gasteiger partial charge in [-0.05, 0) is 31.7 Å². The van der Waals surface area contributed by atoms with Crippen LogP contribution < -0.4 is 0 Å². The van der Waals surface area contributed by atoms with Gasteiger partial charge in [0.15, 0.2) is 0 Å². The van der Waals surface area contributed by atoms with Crippen LogP contribution in [-0.2, 0) is 18.9 Å². The maximum atomic E-state index is 12.9. The van der Waals surface area contributed by atoms with Crippen molar-refractivity contribution in [1.29, 1.82) is 0 Å². The highest BCUT2D eigenvalue weighted by Crippen LogP contribution is 2.80. The topological polar surface area (TPSA) is 101 Å². The van der Waals surface area contributed by atoms with E-state index in [1.165, 1.54) is 0 Å². The number of methoxy groups -OCH3 is 4. The molecular weight excluding hydrogens is 426 g/mol. The first-order chi connectivity index (χ1) is 15.8. The Balaban J connectivity index is 1.67.